The Morgan fingerprint density at radius 3 is 2.50 bits per heavy atom. The number of ether oxygens (including phenoxy) is 1. The Labute approximate surface area is 176 Å². The normalized spacial score (nSPS) is 16.1. The maximum Gasteiger partial charge on any atom is 0.311 e. The minimum Gasteiger partial charge on any atom is -0.455 e. The van der Waals surface area contributed by atoms with Gasteiger partial charge in [-0.1, -0.05) is 11.6 Å². The Morgan fingerprint density at radius 1 is 1.10 bits per heavy atom. The van der Waals surface area contributed by atoms with Gasteiger partial charge in [0.1, 0.15) is 11.6 Å². The van der Waals surface area contributed by atoms with Crippen LogP contribution in [0.5, 0.6) is 0 Å². The number of anilines is 1. The van der Waals surface area contributed by atoms with Crippen molar-refractivity contribution < 1.29 is 27.9 Å². The number of carbonyl (C=O) groups is 3. The maximum absolute atomic E-state index is 13.0. The number of rotatable bonds is 5. The van der Waals surface area contributed by atoms with Gasteiger partial charge in [0.05, 0.1) is 16.6 Å². The molecule has 1 heterocycles. The van der Waals surface area contributed by atoms with Gasteiger partial charge in [0.25, 0.3) is 11.8 Å². The third kappa shape index (κ3) is 5.54. The van der Waals surface area contributed by atoms with E-state index in [0.717, 1.165) is 12.1 Å². The van der Waals surface area contributed by atoms with Crippen molar-refractivity contribution in [2.75, 3.05) is 25.0 Å². The summed E-state index contributed by atoms with van der Waals surface area (Å²) in [6, 6.07) is 8.69. The highest BCUT2D eigenvalue weighted by molar-refractivity contribution is 6.33. The van der Waals surface area contributed by atoms with E-state index in [4.69, 9.17) is 16.3 Å². The van der Waals surface area contributed by atoms with E-state index in [1.807, 2.05) is 0 Å². The van der Waals surface area contributed by atoms with E-state index >= 15 is 0 Å². The van der Waals surface area contributed by atoms with Crippen LogP contribution in [0.25, 0.3) is 0 Å². The lowest BCUT2D eigenvalue weighted by Crippen LogP contribution is -2.43. The summed E-state index contributed by atoms with van der Waals surface area (Å²) in [5.41, 5.74) is 0.536. The van der Waals surface area contributed by atoms with E-state index in [2.05, 4.69) is 5.32 Å². The lowest BCUT2D eigenvalue weighted by atomic mass is 9.97. The van der Waals surface area contributed by atoms with Crippen molar-refractivity contribution >= 4 is 35.1 Å². The lowest BCUT2D eigenvalue weighted by Gasteiger charge is -2.31. The summed E-state index contributed by atoms with van der Waals surface area (Å²) in [7, 11) is 0. The average molecular weight is 437 g/mol. The topological polar surface area (TPSA) is 75.7 Å². The number of nitrogens with one attached hydrogen (secondary N) is 1. The number of hydrogen-bond acceptors (Lipinski definition) is 4. The van der Waals surface area contributed by atoms with Crippen molar-refractivity contribution in [3.63, 3.8) is 0 Å². The lowest BCUT2D eigenvalue weighted by molar-refractivity contribution is -0.152. The molecule has 30 heavy (non-hydrogen) atoms. The summed E-state index contributed by atoms with van der Waals surface area (Å²) >= 11 is 5.84. The number of carbonyl (C=O) groups excluding carboxylic acids is 3. The molecule has 1 aliphatic heterocycles. The largest absolute Gasteiger partial charge is 0.455 e. The molecule has 1 atom stereocenters. The van der Waals surface area contributed by atoms with E-state index in [1.165, 1.54) is 35.2 Å². The number of halogens is 3. The molecule has 1 aliphatic rings. The molecule has 6 nitrogen and oxygen atoms in total. The Bertz CT molecular complexity index is 953. The molecule has 0 spiro atoms. The summed E-state index contributed by atoms with van der Waals surface area (Å²) in [6.45, 7) is 0.0962. The predicted molar refractivity (Wildman–Crippen MR) is 106 cm³/mol. The van der Waals surface area contributed by atoms with E-state index in [0.29, 0.717) is 24.9 Å². The van der Waals surface area contributed by atoms with Gasteiger partial charge in [-0.2, -0.15) is 0 Å². The van der Waals surface area contributed by atoms with Crippen LogP contribution in [-0.4, -0.2) is 42.4 Å². The first-order valence-electron chi connectivity index (χ1n) is 9.30. The van der Waals surface area contributed by atoms with Gasteiger partial charge >= 0.3 is 5.97 Å². The van der Waals surface area contributed by atoms with Crippen LogP contribution in [0.4, 0.5) is 14.5 Å². The zero-order chi connectivity index (χ0) is 21.7. The molecule has 1 fully saturated rings. The van der Waals surface area contributed by atoms with Crippen molar-refractivity contribution in [3.05, 3.63) is 64.7 Å². The smallest absolute Gasteiger partial charge is 0.311 e. The van der Waals surface area contributed by atoms with Crippen LogP contribution in [0.3, 0.4) is 0 Å². The van der Waals surface area contributed by atoms with Gasteiger partial charge in [0.2, 0.25) is 0 Å². The van der Waals surface area contributed by atoms with Crippen LogP contribution in [-0.2, 0) is 14.3 Å². The molecule has 1 unspecified atom stereocenters. The SMILES string of the molecule is O=C(COC(=O)C1CCCN(C(=O)c2ccc(F)cc2)C1)Nc1ccc(F)cc1Cl. The highest BCUT2D eigenvalue weighted by atomic mass is 35.5. The van der Waals surface area contributed by atoms with Gasteiger partial charge in [-0.15, -0.1) is 0 Å². The molecule has 0 bridgehead atoms. The van der Waals surface area contributed by atoms with E-state index in [9.17, 15) is 23.2 Å². The molecule has 3 rings (SSSR count). The molecule has 0 saturated carbocycles. The molecule has 2 aromatic rings. The zero-order valence-electron chi connectivity index (χ0n) is 15.9. The van der Waals surface area contributed by atoms with Crippen molar-refractivity contribution in [2.24, 2.45) is 5.92 Å². The van der Waals surface area contributed by atoms with Gasteiger partial charge in [0, 0.05) is 18.7 Å². The Hall–Kier alpha value is -3.00. The van der Waals surface area contributed by atoms with Crippen LogP contribution in [0.15, 0.2) is 42.5 Å². The fourth-order valence-corrected chi connectivity index (χ4v) is 3.38. The second-order valence-corrected chi connectivity index (χ2v) is 7.28. The van der Waals surface area contributed by atoms with Crippen LogP contribution in [0.2, 0.25) is 5.02 Å². The molecule has 2 amide bonds. The predicted octanol–water partition coefficient (Wildman–Crippen LogP) is 3.65. The number of amides is 2. The summed E-state index contributed by atoms with van der Waals surface area (Å²) in [5.74, 6) is -3.05. The van der Waals surface area contributed by atoms with Gasteiger partial charge in [0.15, 0.2) is 6.61 Å². The average Bonchev–Trinajstić information content (AvgIpc) is 2.74. The van der Waals surface area contributed by atoms with Crippen LogP contribution >= 0.6 is 11.6 Å². The molecule has 0 aromatic heterocycles. The second kappa shape index (κ2) is 9.67. The summed E-state index contributed by atoms with van der Waals surface area (Å²) < 4.78 is 31.2. The third-order valence-electron chi connectivity index (χ3n) is 4.68. The highest BCUT2D eigenvalue weighted by Gasteiger charge is 2.30. The molecule has 158 valence electrons. The van der Waals surface area contributed by atoms with E-state index < -0.39 is 36.0 Å². The standard InChI is InChI=1S/C21H19ClF2N2O4/c22-17-10-16(24)7-8-18(17)25-19(27)12-30-21(29)14-2-1-9-26(11-14)20(28)13-3-5-15(23)6-4-13/h3-8,10,14H,1-2,9,11-12H2,(H,25,27). The van der Waals surface area contributed by atoms with Gasteiger partial charge < -0.3 is 15.0 Å². The quantitative estimate of drug-likeness (QED) is 0.726. The highest BCUT2D eigenvalue weighted by Crippen LogP contribution is 2.23. The molecule has 0 aliphatic carbocycles. The molecule has 2 aromatic carbocycles. The minimum atomic E-state index is -0.619. The summed E-state index contributed by atoms with van der Waals surface area (Å²) in [4.78, 5) is 38.4. The second-order valence-electron chi connectivity index (χ2n) is 6.88. The molecular formula is C21H19ClF2N2O4. The Balaban J connectivity index is 1.51. The first kappa shape index (κ1) is 21.7. The van der Waals surface area contributed by atoms with Crippen LogP contribution in [0.1, 0.15) is 23.2 Å². The van der Waals surface area contributed by atoms with Crippen molar-refractivity contribution in [1.29, 1.82) is 0 Å². The molecular weight excluding hydrogens is 418 g/mol. The first-order valence-corrected chi connectivity index (χ1v) is 9.67. The van der Waals surface area contributed by atoms with Crippen LogP contribution in [0, 0.1) is 17.6 Å². The first-order chi connectivity index (χ1) is 14.3. The third-order valence-corrected chi connectivity index (χ3v) is 5.00. The number of piperidine rings is 1. The Morgan fingerprint density at radius 2 is 1.80 bits per heavy atom. The monoisotopic (exact) mass is 436 g/mol. The van der Waals surface area contributed by atoms with Crippen molar-refractivity contribution in [2.45, 2.75) is 12.8 Å². The van der Waals surface area contributed by atoms with Gasteiger partial charge in [-0.25, -0.2) is 8.78 Å². The fourth-order valence-electron chi connectivity index (χ4n) is 3.16. The number of nitrogens with zero attached hydrogens (tertiary/aromatic N) is 1. The van der Waals surface area contributed by atoms with Crippen LogP contribution < -0.4 is 5.32 Å². The molecule has 1 saturated heterocycles. The number of likely N-dealkylation sites (tertiary alicyclic amines) is 1. The van der Waals surface area contributed by atoms with Gasteiger partial charge in [-0.05, 0) is 55.3 Å². The summed E-state index contributed by atoms with van der Waals surface area (Å²) in [5, 5.41) is 2.46. The van der Waals surface area contributed by atoms with Gasteiger partial charge in [-0.3, -0.25) is 14.4 Å². The van der Waals surface area contributed by atoms with E-state index in [-0.39, 0.29) is 23.2 Å². The van der Waals surface area contributed by atoms with Crippen molar-refractivity contribution in [3.8, 4) is 0 Å². The minimum absolute atomic E-state index is 0.0249. The molecule has 9 heteroatoms. The van der Waals surface area contributed by atoms with E-state index in [1.54, 1.807) is 0 Å². The number of hydrogen-bond donors (Lipinski definition) is 1. The maximum atomic E-state index is 13.0. The number of esters is 1. The number of benzene rings is 2. The molecule has 1 N–H and O–H groups in total. The zero-order valence-corrected chi connectivity index (χ0v) is 16.6. The Kier molecular flexibility index (Phi) is 6.99. The fraction of sp³-hybridized carbons (Fsp3) is 0.286. The van der Waals surface area contributed by atoms with Crippen molar-refractivity contribution in [1.82, 2.24) is 4.90 Å². The summed E-state index contributed by atoms with van der Waals surface area (Å²) in [6.07, 6.45) is 1.13. The molecule has 0 radical (unpaired) electrons.